The molecule has 2 unspecified atom stereocenters. The minimum atomic E-state index is 0.375. The van der Waals surface area contributed by atoms with Gasteiger partial charge in [-0.15, -0.1) is 0 Å². The smallest absolute Gasteiger partial charge is 0.0474 e. The molecule has 2 atom stereocenters. The molecule has 0 aromatic carbocycles. The van der Waals surface area contributed by atoms with Crippen LogP contribution in [0.15, 0.2) is 0 Å². The largest absolute Gasteiger partial charge is 0.385 e. The predicted octanol–water partition coefficient (Wildman–Crippen LogP) is 1.49. The molecule has 0 radical (unpaired) electrons. The molecule has 1 aliphatic carbocycles. The summed E-state index contributed by atoms with van der Waals surface area (Å²) in [5, 5.41) is 3.75. The molecule has 94 valence electrons. The van der Waals surface area contributed by atoms with E-state index in [4.69, 9.17) is 4.74 Å². The van der Waals surface area contributed by atoms with Gasteiger partial charge in [0, 0.05) is 44.9 Å². The number of hydrogen-bond donors (Lipinski definition) is 1. The van der Waals surface area contributed by atoms with Crippen LogP contribution in [0, 0.1) is 5.92 Å². The van der Waals surface area contributed by atoms with Crippen LogP contribution in [0.25, 0.3) is 0 Å². The van der Waals surface area contributed by atoms with Crippen LogP contribution in [-0.2, 0) is 4.74 Å². The van der Waals surface area contributed by atoms with Gasteiger partial charge in [-0.1, -0.05) is 0 Å². The molecule has 3 nitrogen and oxygen atoms in total. The molecule has 2 fully saturated rings. The number of piperazine rings is 1. The van der Waals surface area contributed by atoms with Gasteiger partial charge in [-0.05, 0) is 39.0 Å². The Morgan fingerprint density at radius 3 is 2.81 bits per heavy atom. The molecule has 1 N–H and O–H groups in total. The third-order valence-electron chi connectivity index (χ3n) is 4.23. The second kappa shape index (κ2) is 5.03. The molecule has 16 heavy (non-hydrogen) atoms. The first-order valence-corrected chi connectivity index (χ1v) is 6.64. The first-order valence-electron chi connectivity index (χ1n) is 6.64. The van der Waals surface area contributed by atoms with Crippen LogP contribution < -0.4 is 5.32 Å². The third kappa shape index (κ3) is 2.76. The number of methoxy groups -OCH3 is 1. The maximum absolute atomic E-state index is 5.14. The number of nitrogens with one attached hydrogen (secondary N) is 1. The van der Waals surface area contributed by atoms with E-state index in [1.807, 2.05) is 0 Å². The summed E-state index contributed by atoms with van der Waals surface area (Å²) in [6, 6.07) is 0.670. The molecule has 0 aromatic heterocycles. The summed E-state index contributed by atoms with van der Waals surface area (Å²) in [6.07, 6.45) is 4.00. The van der Waals surface area contributed by atoms with Crippen molar-refractivity contribution in [2.75, 3.05) is 33.4 Å². The van der Waals surface area contributed by atoms with Gasteiger partial charge in [-0.2, -0.15) is 0 Å². The van der Waals surface area contributed by atoms with Crippen LogP contribution in [0.5, 0.6) is 0 Å². The highest BCUT2D eigenvalue weighted by Crippen LogP contribution is 2.41. The fourth-order valence-electron chi connectivity index (χ4n) is 2.85. The zero-order chi connectivity index (χ0) is 11.6. The van der Waals surface area contributed by atoms with Crippen LogP contribution in [0.1, 0.15) is 33.1 Å². The van der Waals surface area contributed by atoms with Gasteiger partial charge in [-0.3, -0.25) is 4.90 Å². The van der Waals surface area contributed by atoms with Crippen LogP contribution in [0.4, 0.5) is 0 Å². The van der Waals surface area contributed by atoms with Gasteiger partial charge in [0.1, 0.15) is 0 Å². The van der Waals surface area contributed by atoms with E-state index in [9.17, 15) is 0 Å². The molecular weight excluding hydrogens is 200 g/mol. The van der Waals surface area contributed by atoms with Crippen molar-refractivity contribution in [3.8, 4) is 0 Å². The monoisotopic (exact) mass is 226 g/mol. The molecule has 0 amide bonds. The highest BCUT2D eigenvalue weighted by atomic mass is 16.5. The normalized spacial score (nSPS) is 36.6. The van der Waals surface area contributed by atoms with Crippen molar-refractivity contribution in [1.29, 1.82) is 0 Å². The summed E-state index contributed by atoms with van der Waals surface area (Å²) >= 11 is 0. The number of nitrogens with zero attached hydrogens (tertiary/aromatic N) is 1. The molecule has 1 saturated carbocycles. The first-order chi connectivity index (χ1) is 7.65. The summed E-state index contributed by atoms with van der Waals surface area (Å²) in [4.78, 5) is 2.63. The zero-order valence-electron chi connectivity index (χ0n) is 11.0. The van der Waals surface area contributed by atoms with Crippen molar-refractivity contribution < 1.29 is 4.74 Å². The maximum atomic E-state index is 5.14. The van der Waals surface area contributed by atoms with E-state index in [0.29, 0.717) is 11.6 Å². The Morgan fingerprint density at radius 2 is 2.19 bits per heavy atom. The fourth-order valence-corrected chi connectivity index (χ4v) is 2.85. The standard InChI is InChI=1S/C13H26N2O/c1-11-9-14-13(2,12-5-6-12)10-15(11)7-4-8-16-3/h11-12,14H,4-10H2,1-3H3. The lowest BCUT2D eigenvalue weighted by Gasteiger charge is -2.45. The summed E-state index contributed by atoms with van der Waals surface area (Å²) in [6.45, 7) is 9.14. The van der Waals surface area contributed by atoms with Gasteiger partial charge in [0.05, 0.1) is 0 Å². The highest BCUT2D eigenvalue weighted by molar-refractivity contribution is 5.03. The van der Waals surface area contributed by atoms with Crippen molar-refractivity contribution in [2.24, 2.45) is 5.92 Å². The second-order valence-electron chi connectivity index (χ2n) is 5.74. The van der Waals surface area contributed by atoms with Gasteiger partial charge in [0.2, 0.25) is 0 Å². The fraction of sp³-hybridized carbons (Fsp3) is 1.00. The SMILES string of the molecule is COCCCN1CC(C)(C2CC2)NCC1C. The Hall–Kier alpha value is -0.120. The van der Waals surface area contributed by atoms with E-state index in [1.54, 1.807) is 7.11 Å². The molecule has 2 rings (SSSR count). The van der Waals surface area contributed by atoms with Crippen molar-refractivity contribution >= 4 is 0 Å². The van der Waals surface area contributed by atoms with E-state index in [1.165, 1.54) is 25.9 Å². The van der Waals surface area contributed by atoms with Gasteiger partial charge in [0.15, 0.2) is 0 Å². The van der Waals surface area contributed by atoms with Crippen LogP contribution in [0.3, 0.4) is 0 Å². The lowest BCUT2D eigenvalue weighted by atomic mass is 9.91. The first kappa shape index (κ1) is 12.3. The van der Waals surface area contributed by atoms with E-state index >= 15 is 0 Å². The van der Waals surface area contributed by atoms with E-state index in [-0.39, 0.29) is 0 Å². The Kier molecular flexibility index (Phi) is 3.88. The summed E-state index contributed by atoms with van der Waals surface area (Å²) in [5.74, 6) is 0.921. The lowest BCUT2D eigenvalue weighted by molar-refractivity contribution is 0.0733. The molecule has 2 aliphatic rings. The third-order valence-corrected chi connectivity index (χ3v) is 4.23. The van der Waals surface area contributed by atoms with Crippen LogP contribution in [-0.4, -0.2) is 49.8 Å². The predicted molar refractivity (Wildman–Crippen MR) is 66.7 cm³/mol. The summed E-state index contributed by atoms with van der Waals surface area (Å²) in [7, 11) is 1.79. The highest BCUT2D eigenvalue weighted by Gasteiger charge is 2.44. The molecule has 3 heteroatoms. The maximum Gasteiger partial charge on any atom is 0.0474 e. The van der Waals surface area contributed by atoms with E-state index < -0.39 is 0 Å². The summed E-state index contributed by atoms with van der Waals surface area (Å²) < 4.78 is 5.14. The molecule has 1 aliphatic heterocycles. The number of ether oxygens (including phenoxy) is 1. The average Bonchev–Trinajstić information content (AvgIpc) is 3.08. The lowest BCUT2D eigenvalue weighted by Crippen LogP contribution is -2.63. The minimum absolute atomic E-state index is 0.375. The van der Waals surface area contributed by atoms with Gasteiger partial charge >= 0.3 is 0 Å². The van der Waals surface area contributed by atoms with Gasteiger partial charge in [-0.25, -0.2) is 0 Å². The number of hydrogen-bond acceptors (Lipinski definition) is 3. The van der Waals surface area contributed by atoms with Crippen molar-refractivity contribution in [1.82, 2.24) is 10.2 Å². The molecule has 1 heterocycles. The topological polar surface area (TPSA) is 24.5 Å². The molecule has 0 spiro atoms. The molecular formula is C13H26N2O. The zero-order valence-corrected chi connectivity index (χ0v) is 11.0. The molecule has 0 bridgehead atoms. The quantitative estimate of drug-likeness (QED) is 0.719. The van der Waals surface area contributed by atoms with Gasteiger partial charge < -0.3 is 10.1 Å². The minimum Gasteiger partial charge on any atom is -0.385 e. The second-order valence-corrected chi connectivity index (χ2v) is 5.74. The Labute approximate surface area is 99.5 Å². The van der Waals surface area contributed by atoms with Crippen molar-refractivity contribution in [2.45, 2.75) is 44.7 Å². The van der Waals surface area contributed by atoms with Crippen molar-refractivity contribution in [3.63, 3.8) is 0 Å². The Bertz CT molecular complexity index is 230. The van der Waals surface area contributed by atoms with Crippen molar-refractivity contribution in [3.05, 3.63) is 0 Å². The Morgan fingerprint density at radius 1 is 1.44 bits per heavy atom. The van der Waals surface area contributed by atoms with Gasteiger partial charge in [0.25, 0.3) is 0 Å². The van der Waals surface area contributed by atoms with Crippen LogP contribution >= 0.6 is 0 Å². The van der Waals surface area contributed by atoms with E-state index in [2.05, 4.69) is 24.1 Å². The molecule has 1 saturated heterocycles. The number of rotatable bonds is 5. The Balaban J connectivity index is 1.84. The van der Waals surface area contributed by atoms with E-state index in [0.717, 1.165) is 25.5 Å². The molecule has 0 aromatic rings. The van der Waals surface area contributed by atoms with Crippen LogP contribution in [0.2, 0.25) is 0 Å². The summed E-state index contributed by atoms with van der Waals surface area (Å²) in [5.41, 5.74) is 0.375. The average molecular weight is 226 g/mol.